The molecule has 4 saturated heterocycles. The molecule has 4 aromatic carbocycles. The summed E-state index contributed by atoms with van der Waals surface area (Å²) in [6.07, 6.45) is 3.39. The highest BCUT2D eigenvalue weighted by Crippen LogP contribution is 2.59. The minimum Gasteiger partial charge on any atom is -0.508 e. The highest BCUT2D eigenvalue weighted by Gasteiger charge is 2.50. The zero-order chi connectivity index (χ0) is 104. The molecule has 6 unspecified atom stereocenters. The molecule has 6 aliphatic heterocycles. The van der Waals surface area contributed by atoms with Crippen molar-refractivity contribution in [2.45, 2.75) is 145 Å². The van der Waals surface area contributed by atoms with Crippen LogP contribution >= 0.6 is 39.9 Å². The van der Waals surface area contributed by atoms with Crippen molar-refractivity contribution in [3.05, 3.63) is 217 Å². The number of nitrogens with one attached hydrogen (secondary N) is 6. The summed E-state index contributed by atoms with van der Waals surface area (Å²) < 4.78 is 68.6. The Balaban J connectivity index is 0.000000243. The van der Waals surface area contributed by atoms with Crippen LogP contribution < -0.4 is 54.8 Å². The van der Waals surface area contributed by atoms with Gasteiger partial charge in [-0.15, -0.1) is 23.5 Å². The molecule has 0 bridgehead atoms. The van der Waals surface area contributed by atoms with E-state index in [0.717, 1.165) is 66.9 Å². The number of aromatic hydroxyl groups is 2. The molecule has 2 aromatic heterocycles. The normalized spacial score (nSPS) is 18.7. The number of rotatable bonds is 48. The second-order valence-corrected chi connectivity index (χ2v) is 40.1. The number of benzene rings is 6. The van der Waals surface area contributed by atoms with E-state index in [1.54, 1.807) is 12.1 Å². The zero-order valence-electron chi connectivity index (χ0n) is 78.8. The van der Waals surface area contributed by atoms with Crippen molar-refractivity contribution in [2.24, 2.45) is 0 Å². The number of carboxylic acid groups (broad SMARTS) is 2. The maximum atomic E-state index is 13.2. The van der Waals surface area contributed by atoms with Gasteiger partial charge in [-0.25, -0.2) is 19.2 Å². The number of likely N-dealkylation sites (tertiary alicyclic amines) is 2. The van der Waals surface area contributed by atoms with Gasteiger partial charge in [-0.05, 0) is 123 Å². The van der Waals surface area contributed by atoms with Crippen LogP contribution in [0.1, 0.15) is 148 Å². The summed E-state index contributed by atoms with van der Waals surface area (Å²) in [4.78, 5) is 228. The first kappa shape index (κ1) is 110. The number of hydrogen-bond acceptors (Lipinski definition) is 36. The van der Waals surface area contributed by atoms with Crippen LogP contribution in [0.25, 0.3) is 66.8 Å². The van der Waals surface area contributed by atoms with E-state index in [4.69, 9.17) is 54.9 Å². The summed E-state index contributed by atoms with van der Waals surface area (Å²) in [7, 11) is -5.43. The number of H-pyrrole nitrogens is 2. The van der Waals surface area contributed by atoms with Crippen molar-refractivity contribution in [3.8, 4) is 56.4 Å². The van der Waals surface area contributed by atoms with Crippen molar-refractivity contribution in [3.63, 3.8) is 0 Å². The Morgan fingerprint density at radius 2 is 0.924 bits per heavy atom. The topological polar surface area (TPSA) is 650 Å². The van der Waals surface area contributed by atoms with E-state index in [-0.39, 0.29) is 211 Å². The molecule has 4 fully saturated rings. The lowest BCUT2D eigenvalue weighted by Gasteiger charge is -2.18. The molecule has 145 heavy (non-hydrogen) atoms. The number of aromatic carboxylic acids is 2. The smallest absolute Gasteiger partial charge is 0.508 e. The summed E-state index contributed by atoms with van der Waals surface area (Å²) in [5.41, 5.74) is 4.52. The second-order valence-electron chi connectivity index (χ2n) is 33.9. The molecule has 8 amide bonds. The Bertz CT molecular complexity index is 6780. The first-order valence-corrected chi connectivity index (χ1v) is 51.1. The summed E-state index contributed by atoms with van der Waals surface area (Å²) in [6, 6.07) is 24.9. The number of aromatic amines is 2. The Morgan fingerprint density at radius 3 is 1.39 bits per heavy atom. The molecular formula is C95H108N10O36P2S2+2. The quantitative estimate of drug-likeness (QED) is 0.00634. The van der Waals surface area contributed by atoms with Gasteiger partial charge in [0, 0.05) is 155 Å². The van der Waals surface area contributed by atoms with E-state index in [1.807, 2.05) is 0 Å². The molecule has 8 heterocycles. The Kier molecular flexibility index (Phi) is 38.1. The molecule has 6 aromatic rings. The summed E-state index contributed by atoms with van der Waals surface area (Å²) in [5, 5.41) is 66.2. The second kappa shape index (κ2) is 50.4. The third-order valence-electron chi connectivity index (χ3n) is 23.8. The van der Waals surface area contributed by atoms with Crippen LogP contribution in [0.4, 0.5) is 0 Å². The molecule has 14 N–H and O–H groups in total. The number of fused-ring (bicyclic) bond motifs is 4. The zero-order valence-corrected chi connectivity index (χ0v) is 82.2. The number of aliphatic hydroxyl groups excluding tert-OH is 2. The van der Waals surface area contributed by atoms with Crippen LogP contribution in [0.3, 0.4) is 0 Å². The van der Waals surface area contributed by atoms with E-state index in [0.29, 0.717) is 52.4 Å². The molecule has 8 aliphatic rings. The van der Waals surface area contributed by atoms with Crippen molar-refractivity contribution in [2.75, 3.05) is 105 Å². The van der Waals surface area contributed by atoms with Gasteiger partial charge in [-0.1, -0.05) is 38.5 Å². The van der Waals surface area contributed by atoms with Gasteiger partial charge in [0.05, 0.1) is 74.5 Å². The van der Waals surface area contributed by atoms with Gasteiger partial charge in [0.2, 0.25) is 35.4 Å². The summed E-state index contributed by atoms with van der Waals surface area (Å²) in [6.45, 7) is 2.58. The van der Waals surface area contributed by atoms with E-state index in [1.165, 1.54) is 152 Å². The fourth-order valence-corrected chi connectivity index (χ4v) is 20.5. The minimum atomic E-state index is -3.92. The fraction of sp³-hybridized carbons (Fsp3) is 0.411. The van der Waals surface area contributed by atoms with Crippen molar-refractivity contribution < 1.29 is 143 Å². The third kappa shape index (κ3) is 28.4. The molecule has 46 nitrogen and oxygen atoms in total. The molecular weight excluding hydrogens is 1980 g/mol. The molecule has 0 spiro atoms. The van der Waals surface area contributed by atoms with Crippen molar-refractivity contribution in [1.29, 1.82) is 0 Å². The van der Waals surface area contributed by atoms with Crippen LogP contribution in [-0.2, 0) is 74.9 Å². The van der Waals surface area contributed by atoms with Gasteiger partial charge in [-0.2, -0.15) is 36.9 Å². The number of nitrogens with zero attached hydrogens (tertiary/aromatic N) is 4. The van der Waals surface area contributed by atoms with Gasteiger partial charge in [-0.3, -0.25) is 97.3 Å². The number of ether oxygens (including phenoxy) is 4. The Morgan fingerprint density at radius 1 is 0.483 bits per heavy atom. The predicted octanol–water partition coefficient (Wildman–Crippen LogP) is 6.52. The summed E-state index contributed by atoms with van der Waals surface area (Å²) in [5.74, 6) is -5.84. The number of carbonyl (C=O) groups is 10. The van der Waals surface area contributed by atoms with E-state index in [9.17, 15) is 117 Å². The molecule has 50 heteroatoms. The van der Waals surface area contributed by atoms with E-state index < -0.39 is 140 Å². The lowest BCUT2D eigenvalue weighted by molar-refractivity contribution is -0.142. The summed E-state index contributed by atoms with van der Waals surface area (Å²) >= 11 is 2.30. The number of imide groups is 2. The fourth-order valence-electron chi connectivity index (χ4n) is 16.4. The van der Waals surface area contributed by atoms with Gasteiger partial charge in [0.15, 0.2) is 10.9 Å². The molecule has 774 valence electrons. The molecule has 14 rings (SSSR count). The van der Waals surface area contributed by atoms with Crippen LogP contribution in [0.15, 0.2) is 159 Å². The van der Waals surface area contributed by atoms with Gasteiger partial charge >= 0.3 is 39.7 Å². The predicted molar refractivity (Wildman–Crippen MR) is 523 cm³/mol. The van der Waals surface area contributed by atoms with Crippen molar-refractivity contribution >= 4 is 121 Å². The molecule has 0 saturated carbocycles. The number of carboxylic acids is 2. The lowest BCUT2D eigenvalue weighted by atomic mass is 9.89. The van der Waals surface area contributed by atoms with Crippen LogP contribution in [0, 0.1) is 13.8 Å². The van der Waals surface area contributed by atoms with E-state index in [2.05, 4.69) is 31.5 Å². The van der Waals surface area contributed by atoms with E-state index >= 15 is 0 Å². The number of thioether (sulfide) groups is 2. The van der Waals surface area contributed by atoms with Gasteiger partial charge in [0.25, 0.3) is 22.9 Å². The molecule has 10 atom stereocenters. The number of aryl methyl sites for hydroxylation is 2. The average Bonchev–Trinajstić information content (AvgIpc) is 0.875. The highest BCUT2D eigenvalue weighted by atomic mass is 32.2. The number of unbranched alkanes of at least 4 members (excludes halogenated alkanes) is 7. The van der Waals surface area contributed by atoms with Gasteiger partial charge < -0.3 is 69.1 Å². The third-order valence-corrected chi connectivity index (χ3v) is 29.1. The number of phenols is 2. The first-order chi connectivity index (χ1) is 69.4. The monoisotopic (exact) mass is 2090 g/mol. The molecule has 0 radical (unpaired) electrons. The standard InChI is InChI=1S/C49H56N5O17PS.C46H50N5O19PS/c1-28-26-54(49(65)50-45(28)60)43-24-36(57)39(71-43)27-69-72(66,67-2)68-19-20-73-40-25-42(59)53(47(40)62)18-10-8-6-4-3-5-7-9-11-41(58)51-52-46(61)29-12-15-32(48(63)64)35(21-29)44-33-16-13-30(55)22-37(33)70-38-23-31(56)14-17-34(38)44;1-25-22-51(46(62)49-42(25)57)40-20-33(54)36(70-40)24-68-71(63,64-2)67-15-16-72-37-21-39(56)50(44(37)59)23-38(55)47-9-11-65-13-14-66-12-10-48-43(58)26-3-6-29(45(60)61)32(17-26)41-30-7-4-27(52)18-34(30)69-35-19-28(53)5-8-31(35)41/h12-17,21-23,26,36,39-40,43,57,66H,3-11,18-20,24-25,27H2,1-2H3,(H4-,50,51,52,55,56,58,60,61,63,64,65);3-8,17-19,22,33,36-37,40,54,63H,9-16,20-21,23-24H2,1-2H3,(H4-,47,48,49,52,53,55,57,58,60,61,62)/p+2/t36?,39-,40?,43-,72?;33?,36-,37?,40-,71?/m11/s1. The number of amides is 8. The number of hydrazine groups is 1. The minimum absolute atomic E-state index is 0.00375. The number of aromatic nitrogens is 4. The lowest BCUT2D eigenvalue weighted by Crippen LogP contribution is -2.41. The Hall–Kier alpha value is -12.7. The average molecular weight is 2090 g/mol. The largest absolute Gasteiger partial charge is 0.572 e. The number of phenolic OH excluding ortho intramolecular Hbond substituents is 2. The number of carbonyl (C=O) groups excluding carboxylic acids is 8. The Labute approximate surface area is 833 Å². The van der Waals surface area contributed by atoms with Crippen LogP contribution in [-0.4, -0.2) is 268 Å². The van der Waals surface area contributed by atoms with Gasteiger partial charge in [0.1, 0.15) is 91.8 Å². The highest BCUT2D eigenvalue weighted by molar-refractivity contribution is 8.00. The van der Waals surface area contributed by atoms with Crippen molar-refractivity contribution in [1.82, 2.24) is 50.4 Å². The molecule has 2 aliphatic carbocycles. The number of hydrogen-bond donors (Lipinski definition) is 14. The number of aliphatic hydroxyl groups is 2. The maximum Gasteiger partial charge on any atom is 0.572 e. The first-order valence-electron chi connectivity index (χ1n) is 46.0. The SMILES string of the molecule is CO[P+](O)(OCCSC1CC(=O)N(CC(=O)NCCOCCOCCNC(=O)c2ccc(C(=O)O)c(-c3c4ccc(=O)cc-4oc4cc(O)ccc34)c2)C1=O)OC[C@H]1O[C@@H](n2cc(C)c(=O)[nH]c2=O)CC1O.CO[P+](O)(OCCSC1CC(=O)N(CCCCCCCCCCC(=O)NNC(=O)c2ccc(C(=O)O)c(-c3c4ccc(=O)cc-4oc4cc(O)ccc34)c2)C1=O)OC[C@H]1O[C@@H](n2cc(C)c(=O)[nH]c2=O)CC1O. The van der Waals surface area contributed by atoms with Crippen LogP contribution in [0.5, 0.6) is 11.5 Å². The maximum absolute atomic E-state index is 13.2. The van der Waals surface area contributed by atoms with Crippen LogP contribution in [0.2, 0.25) is 0 Å².